The lowest BCUT2D eigenvalue weighted by molar-refractivity contribution is 0.475. The summed E-state index contributed by atoms with van der Waals surface area (Å²) in [7, 11) is 0. The lowest BCUT2D eigenvalue weighted by Crippen LogP contribution is -1.99. The summed E-state index contributed by atoms with van der Waals surface area (Å²) in [4.78, 5) is 0. The molecule has 0 aliphatic carbocycles. The lowest BCUT2D eigenvalue weighted by Gasteiger charge is -2.16. The van der Waals surface area contributed by atoms with Crippen molar-refractivity contribution in [1.82, 2.24) is 10.2 Å². The van der Waals surface area contributed by atoms with Gasteiger partial charge >= 0.3 is 0 Å². The van der Waals surface area contributed by atoms with E-state index in [1.54, 1.807) is 6.20 Å². The predicted molar refractivity (Wildman–Crippen MR) is 82.0 cm³/mol. The summed E-state index contributed by atoms with van der Waals surface area (Å²) >= 11 is 0. The molecule has 0 unspecified atom stereocenters. The molecule has 0 aliphatic rings. The quantitative estimate of drug-likeness (QED) is 0.904. The molecular weight excluding hydrogens is 248 g/mol. The molecule has 0 bridgehead atoms. The molecular formula is C17H22N2O. The summed E-state index contributed by atoms with van der Waals surface area (Å²) in [5, 5.41) is 18.6. The van der Waals surface area contributed by atoms with E-state index in [9.17, 15) is 5.11 Å². The van der Waals surface area contributed by atoms with Gasteiger partial charge in [0.1, 0.15) is 5.75 Å². The van der Waals surface area contributed by atoms with Gasteiger partial charge in [-0.05, 0) is 48.1 Å². The van der Waals surface area contributed by atoms with Crippen molar-refractivity contribution in [3.8, 4) is 17.0 Å². The van der Waals surface area contributed by atoms with Gasteiger partial charge in [0.25, 0.3) is 0 Å². The average molecular weight is 270 g/mol. The topological polar surface area (TPSA) is 46.0 Å². The van der Waals surface area contributed by atoms with Gasteiger partial charge in [-0.2, -0.15) is 10.2 Å². The molecule has 0 amide bonds. The fourth-order valence-corrected chi connectivity index (χ4v) is 2.42. The Hall–Kier alpha value is -1.90. The van der Waals surface area contributed by atoms with E-state index in [0.717, 1.165) is 40.8 Å². The van der Waals surface area contributed by atoms with E-state index < -0.39 is 0 Å². The Kier molecular flexibility index (Phi) is 4.38. The zero-order chi connectivity index (χ0) is 14.7. The Bertz CT molecular complexity index is 606. The van der Waals surface area contributed by atoms with Crippen molar-refractivity contribution in [2.45, 2.75) is 46.5 Å². The molecule has 3 heteroatoms. The predicted octanol–water partition coefficient (Wildman–Crippen LogP) is 4.23. The molecule has 2 aromatic rings. The van der Waals surface area contributed by atoms with Crippen molar-refractivity contribution in [1.29, 1.82) is 0 Å². The van der Waals surface area contributed by atoms with E-state index in [0.29, 0.717) is 11.7 Å². The van der Waals surface area contributed by atoms with Crippen LogP contribution in [0, 0.1) is 6.92 Å². The molecule has 20 heavy (non-hydrogen) atoms. The van der Waals surface area contributed by atoms with Gasteiger partial charge in [0, 0.05) is 11.8 Å². The van der Waals surface area contributed by atoms with Crippen molar-refractivity contribution in [2.24, 2.45) is 0 Å². The molecule has 1 N–H and O–H groups in total. The number of aromatic nitrogens is 2. The van der Waals surface area contributed by atoms with Crippen LogP contribution < -0.4 is 0 Å². The highest BCUT2D eigenvalue weighted by molar-refractivity contribution is 5.73. The number of aromatic hydroxyl groups is 1. The van der Waals surface area contributed by atoms with Crippen molar-refractivity contribution >= 4 is 0 Å². The Balaban J connectivity index is 2.65. The maximum Gasteiger partial charge on any atom is 0.125 e. The van der Waals surface area contributed by atoms with Gasteiger partial charge in [0.15, 0.2) is 0 Å². The first-order valence-corrected chi connectivity index (χ1v) is 7.19. The summed E-state index contributed by atoms with van der Waals surface area (Å²) in [6.45, 7) is 8.41. The summed E-state index contributed by atoms with van der Waals surface area (Å²) in [5.41, 5.74) is 4.96. The van der Waals surface area contributed by atoms with Crippen molar-refractivity contribution in [3.05, 3.63) is 41.1 Å². The van der Waals surface area contributed by atoms with Gasteiger partial charge in [-0.25, -0.2) is 0 Å². The first-order valence-electron chi connectivity index (χ1n) is 7.19. The van der Waals surface area contributed by atoms with E-state index in [2.05, 4.69) is 37.0 Å². The molecule has 0 aliphatic heterocycles. The molecule has 0 atom stereocenters. The second kappa shape index (κ2) is 6.04. The summed E-state index contributed by atoms with van der Waals surface area (Å²) in [6, 6.07) is 5.97. The van der Waals surface area contributed by atoms with Crippen molar-refractivity contribution in [3.63, 3.8) is 0 Å². The Morgan fingerprint density at radius 2 is 2.00 bits per heavy atom. The third-order valence-electron chi connectivity index (χ3n) is 3.57. The van der Waals surface area contributed by atoms with Crippen LogP contribution in [0.2, 0.25) is 0 Å². The van der Waals surface area contributed by atoms with Crippen LogP contribution in [0.5, 0.6) is 5.75 Å². The highest BCUT2D eigenvalue weighted by Crippen LogP contribution is 2.36. The largest absolute Gasteiger partial charge is 0.507 e. The number of aryl methyl sites for hydroxylation is 2. The highest BCUT2D eigenvalue weighted by Gasteiger charge is 2.16. The molecule has 106 valence electrons. The Morgan fingerprint density at radius 1 is 1.25 bits per heavy atom. The van der Waals surface area contributed by atoms with E-state index in [1.165, 1.54) is 0 Å². The number of phenols is 1. The average Bonchev–Trinajstić information content (AvgIpc) is 2.40. The molecule has 2 rings (SSSR count). The van der Waals surface area contributed by atoms with Gasteiger partial charge in [-0.1, -0.05) is 33.3 Å². The summed E-state index contributed by atoms with van der Waals surface area (Å²) in [6.07, 6.45) is 3.64. The summed E-state index contributed by atoms with van der Waals surface area (Å²) < 4.78 is 0. The van der Waals surface area contributed by atoms with Gasteiger partial charge in [0.05, 0.1) is 5.69 Å². The second-order valence-electron chi connectivity index (χ2n) is 5.54. The molecule has 3 nitrogen and oxygen atoms in total. The zero-order valence-electron chi connectivity index (χ0n) is 12.6. The van der Waals surface area contributed by atoms with Gasteiger partial charge in [-0.15, -0.1) is 0 Å². The third-order valence-corrected chi connectivity index (χ3v) is 3.57. The normalized spacial score (nSPS) is 11.1. The molecule has 0 spiro atoms. The first-order chi connectivity index (χ1) is 9.54. The molecule has 0 saturated carbocycles. The minimum atomic E-state index is 0.309. The fourth-order valence-electron chi connectivity index (χ4n) is 2.42. The minimum absolute atomic E-state index is 0.309. The maximum atomic E-state index is 10.5. The summed E-state index contributed by atoms with van der Waals surface area (Å²) in [5.74, 6) is 0.705. The second-order valence-corrected chi connectivity index (χ2v) is 5.54. The highest BCUT2D eigenvalue weighted by atomic mass is 16.3. The number of hydrogen-bond donors (Lipinski definition) is 1. The van der Waals surface area contributed by atoms with Crippen LogP contribution in [0.4, 0.5) is 0 Å². The van der Waals surface area contributed by atoms with Crippen molar-refractivity contribution < 1.29 is 5.11 Å². The van der Waals surface area contributed by atoms with Crippen LogP contribution in [-0.2, 0) is 6.42 Å². The van der Waals surface area contributed by atoms with Crippen LogP contribution in [-0.4, -0.2) is 15.3 Å². The van der Waals surface area contributed by atoms with Crippen LogP contribution in [0.15, 0.2) is 24.4 Å². The number of benzene rings is 1. The fraction of sp³-hybridized carbons (Fsp3) is 0.412. The van der Waals surface area contributed by atoms with E-state index in [1.807, 2.05) is 19.1 Å². The third kappa shape index (κ3) is 2.82. The van der Waals surface area contributed by atoms with Crippen molar-refractivity contribution in [2.75, 3.05) is 0 Å². The smallest absolute Gasteiger partial charge is 0.125 e. The van der Waals surface area contributed by atoms with E-state index in [4.69, 9.17) is 0 Å². The molecule has 1 heterocycles. The number of phenolic OH excluding ortho intramolecular Hbond substituents is 1. The number of nitrogens with zero attached hydrogens (tertiary/aromatic N) is 2. The zero-order valence-corrected chi connectivity index (χ0v) is 12.6. The molecule has 0 radical (unpaired) electrons. The van der Waals surface area contributed by atoms with Crippen LogP contribution in [0.3, 0.4) is 0 Å². The minimum Gasteiger partial charge on any atom is -0.507 e. The van der Waals surface area contributed by atoms with Crippen LogP contribution >= 0.6 is 0 Å². The molecule has 1 aromatic heterocycles. The number of hydrogen-bond acceptors (Lipinski definition) is 3. The standard InChI is InChI=1S/C17H22N2O/c1-5-6-13-9-14(11(2)3)10-15(20)16(13)17-12(4)7-8-18-19-17/h7-11,20H,5-6H2,1-4H3. The first kappa shape index (κ1) is 14.5. The van der Waals surface area contributed by atoms with Gasteiger partial charge in [-0.3, -0.25) is 0 Å². The number of rotatable bonds is 4. The Labute approximate surface area is 120 Å². The lowest BCUT2D eigenvalue weighted by atomic mass is 9.91. The molecule has 1 aromatic carbocycles. The van der Waals surface area contributed by atoms with Crippen LogP contribution in [0.25, 0.3) is 11.3 Å². The van der Waals surface area contributed by atoms with E-state index in [-0.39, 0.29) is 0 Å². The van der Waals surface area contributed by atoms with Crippen LogP contribution in [0.1, 0.15) is 49.8 Å². The van der Waals surface area contributed by atoms with Gasteiger partial charge in [0.2, 0.25) is 0 Å². The monoisotopic (exact) mass is 270 g/mol. The van der Waals surface area contributed by atoms with Gasteiger partial charge < -0.3 is 5.11 Å². The molecule has 0 saturated heterocycles. The maximum absolute atomic E-state index is 10.5. The Morgan fingerprint density at radius 3 is 2.60 bits per heavy atom. The van der Waals surface area contributed by atoms with E-state index >= 15 is 0 Å². The SMILES string of the molecule is CCCc1cc(C(C)C)cc(O)c1-c1nnccc1C. The molecule has 0 fully saturated rings.